The molecule has 3 aliphatic rings. The van der Waals surface area contributed by atoms with Crippen molar-refractivity contribution in [3.05, 3.63) is 299 Å². The fourth-order valence-electron chi connectivity index (χ4n) is 13.9. The second-order valence-corrected chi connectivity index (χ2v) is 36.0. The Morgan fingerprint density at radius 1 is 0.398 bits per heavy atom. The Balaban J connectivity index is 0.000000197. The van der Waals surface area contributed by atoms with E-state index in [1.807, 2.05) is 36.4 Å². The number of rotatable bonds is 7. The van der Waals surface area contributed by atoms with E-state index in [4.69, 9.17) is 25.3 Å². The van der Waals surface area contributed by atoms with Crippen LogP contribution in [0.25, 0.3) is 99.9 Å². The van der Waals surface area contributed by atoms with Gasteiger partial charge in [0.2, 0.25) is 0 Å². The van der Waals surface area contributed by atoms with Crippen molar-refractivity contribution in [3.63, 3.8) is 0 Å². The van der Waals surface area contributed by atoms with Gasteiger partial charge >= 0.3 is 0 Å². The van der Waals surface area contributed by atoms with Crippen LogP contribution in [0.15, 0.2) is 236 Å². The normalized spacial score (nSPS) is 13.5. The summed E-state index contributed by atoms with van der Waals surface area (Å²) >= 11 is 0. The minimum Gasteiger partial charge on any atom is -0.512 e. The van der Waals surface area contributed by atoms with Gasteiger partial charge in [-0.25, -0.2) is 4.39 Å². The van der Waals surface area contributed by atoms with Crippen LogP contribution in [0, 0.1) is 24.0 Å². The summed E-state index contributed by atoms with van der Waals surface area (Å²) in [5.41, 5.74) is 25.6. The van der Waals surface area contributed by atoms with Gasteiger partial charge in [-0.15, -0.1) is 88.0 Å². The smallest absolute Gasteiger partial charge is 0.155 e. The van der Waals surface area contributed by atoms with Crippen molar-refractivity contribution in [2.45, 2.75) is 145 Å². The molecule has 0 saturated heterocycles. The summed E-state index contributed by atoms with van der Waals surface area (Å²) in [6, 6.07) is 79.9. The van der Waals surface area contributed by atoms with E-state index in [2.05, 4.69) is 257 Å². The van der Waals surface area contributed by atoms with Crippen LogP contribution in [0.2, 0.25) is 19.6 Å². The second-order valence-electron chi connectivity index (χ2n) is 30.9. The van der Waals surface area contributed by atoms with Gasteiger partial charge in [0.15, 0.2) is 17.3 Å². The first-order chi connectivity index (χ1) is 49.4. The number of aliphatic hydroxyl groups is 3. The topological polar surface area (TPSA) is 151 Å². The van der Waals surface area contributed by atoms with Crippen LogP contribution in [-0.4, -0.2) is 55.7 Å². The number of allylic oxidation sites excluding steroid dienone is 6. The van der Waals surface area contributed by atoms with Gasteiger partial charge in [-0.3, -0.25) is 29.3 Å². The number of aliphatic hydroxyl groups excluding tert-OH is 3. The maximum atomic E-state index is 14.5. The first-order valence-electron chi connectivity index (χ1n) is 35.4. The predicted molar refractivity (Wildman–Crippen MR) is 434 cm³/mol. The van der Waals surface area contributed by atoms with Crippen LogP contribution in [0.3, 0.4) is 0 Å². The number of ketones is 3. The molecule has 3 radical (unpaired) electrons. The number of hydrogen-bond donors (Lipinski definition) is 3. The van der Waals surface area contributed by atoms with Crippen molar-refractivity contribution in [2.24, 2.45) is 0 Å². The Bertz CT molecular complexity index is 5190. The fraction of sp³-hybridized carbons (Fsp3) is 0.234. The van der Waals surface area contributed by atoms with E-state index in [-0.39, 0.29) is 122 Å². The zero-order valence-electron chi connectivity index (χ0n) is 64.6. The molecule has 0 bridgehead atoms. The number of aromatic nitrogens is 3. The largest absolute Gasteiger partial charge is 0.512 e. The number of pyridine rings is 3. The van der Waals surface area contributed by atoms with E-state index in [0.717, 1.165) is 39.1 Å². The number of benzene rings is 9. The maximum Gasteiger partial charge on any atom is 0.155 e. The quantitative estimate of drug-likeness (QED) is 0.0613. The summed E-state index contributed by atoms with van der Waals surface area (Å²) < 4.78 is 14.5. The van der Waals surface area contributed by atoms with E-state index in [1.54, 1.807) is 6.07 Å². The number of halogens is 1. The monoisotopic (exact) mass is 1990 g/mol. The van der Waals surface area contributed by atoms with Crippen molar-refractivity contribution < 1.29 is 94.4 Å². The van der Waals surface area contributed by atoms with Gasteiger partial charge in [0, 0.05) is 83.9 Å². The van der Waals surface area contributed by atoms with Crippen LogP contribution < -0.4 is 5.19 Å². The molecule has 14 heteroatoms. The van der Waals surface area contributed by atoms with Crippen LogP contribution >= 0.6 is 0 Å². The molecule has 0 atom stereocenters. The van der Waals surface area contributed by atoms with Crippen LogP contribution in [0.1, 0.15) is 143 Å². The Morgan fingerprint density at radius 2 is 0.750 bits per heavy atom. The number of para-hydroxylation sites is 3. The Morgan fingerprint density at radius 3 is 1.17 bits per heavy atom. The molecule has 0 aliphatic heterocycles. The number of carbonyl (C=O) groups is 3. The SMILES string of the molecule is CC(=O)C=C(C)O.CC(=O)C=C(C)O.CC(=O)C=C(C)O.CC(C)(C)c1ccc2c(c1)C(C)(C)c1cc(-c3ccc4ccccc4n3)[c-]cc1-2.CC1(C)c2cc(-c3ccc4ccccc4n3)[c-]cc2-c2ccc([Si](C)(C)C)cc21.CC1(C)c2ccccc2-c2c[c-]c(-c3cc(F)c4ccccc4n3)cc21.[Ir].[Ir].[Ir]. The van der Waals surface area contributed by atoms with Crippen molar-refractivity contribution in [2.75, 3.05) is 0 Å². The first-order valence-corrected chi connectivity index (χ1v) is 38.9. The zero-order valence-corrected chi connectivity index (χ0v) is 72.8. The van der Waals surface area contributed by atoms with E-state index in [1.165, 1.54) is 154 Å². The van der Waals surface area contributed by atoms with Crippen LogP contribution in [0.5, 0.6) is 0 Å². The molecular formula is C94H93FIr3N3O6Si-3. The second kappa shape index (κ2) is 35.1. The third-order valence-corrected chi connectivity index (χ3v) is 21.4. The molecular weight excluding hydrogens is 1890 g/mol. The van der Waals surface area contributed by atoms with Crippen LogP contribution in [0.4, 0.5) is 4.39 Å². The minimum absolute atomic E-state index is 0. The molecule has 0 amide bonds. The van der Waals surface area contributed by atoms with Gasteiger partial charge in [0.05, 0.1) is 41.9 Å². The van der Waals surface area contributed by atoms with Gasteiger partial charge in [0.1, 0.15) is 5.82 Å². The van der Waals surface area contributed by atoms with Crippen molar-refractivity contribution in [1.82, 2.24) is 15.0 Å². The molecule has 12 aromatic rings. The van der Waals surface area contributed by atoms with E-state index in [9.17, 15) is 18.8 Å². The number of hydrogen-bond acceptors (Lipinski definition) is 9. The molecule has 9 nitrogen and oxygen atoms in total. The number of fused-ring (bicyclic) bond motifs is 12. The van der Waals surface area contributed by atoms with Crippen LogP contribution in [-0.2, 0) is 96.4 Å². The van der Waals surface area contributed by atoms with E-state index < -0.39 is 8.07 Å². The minimum atomic E-state index is -1.35. The molecule has 561 valence electrons. The number of carbonyl (C=O) groups excluding carboxylic acids is 3. The molecule has 0 saturated carbocycles. The van der Waals surface area contributed by atoms with Gasteiger partial charge in [0.25, 0.3) is 0 Å². The summed E-state index contributed by atoms with van der Waals surface area (Å²) in [4.78, 5) is 44.5. The molecule has 3 N–H and O–H groups in total. The average molecular weight is 1980 g/mol. The Hall–Kier alpha value is -9.07. The fourth-order valence-corrected chi connectivity index (χ4v) is 15.1. The predicted octanol–water partition coefficient (Wildman–Crippen LogP) is 23.1. The Labute approximate surface area is 678 Å². The summed E-state index contributed by atoms with van der Waals surface area (Å²) in [7, 11) is -1.35. The molecule has 0 spiro atoms. The van der Waals surface area contributed by atoms with Crippen molar-refractivity contribution in [1.29, 1.82) is 0 Å². The molecule has 15 rings (SSSR count). The Kier molecular flexibility index (Phi) is 28.0. The molecule has 3 aromatic heterocycles. The standard InChI is InChI=1S/C28H26N.C27H26NSi.C24H17FN.3C5H8O2.3Ir/c1-27(2,3)20-12-14-22-21-13-10-19(16-23(21)28(4,5)24(22)17-20)26-15-11-18-8-6-7-9-25(18)29-26;1-27(2)23-16-19(26-15-11-18-8-6-7-9-25(18)28-26)10-13-21(23)22-14-12-20(17-24(22)27)29(3,4)5;1-24(2)19-9-5-3-7-16(19)17-12-11-15(13-20(17)24)23-14-21(25)18-8-4-6-10-22(18)26-23;3*1-4(6)3-5(2)7;;;/h2*6-9,11-17H,1-5H3;3-10,12-14H,1-2H3;3*3,6H,1-2H3;;;/q3*-1;;;;;;. The van der Waals surface area contributed by atoms with Gasteiger partial charge in [-0.1, -0.05) is 254 Å². The van der Waals surface area contributed by atoms with Gasteiger partial charge in [-0.2, -0.15) is 0 Å². The van der Waals surface area contributed by atoms with Crippen molar-refractivity contribution in [3.8, 4) is 67.2 Å². The van der Waals surface area contributed by atoms with Gasteiger partial charge < -0.3 is 15.3 Å². The third kappa shape index (κ3) is 19.5. The summed E-state index contributed by atoms with van der Waals surface area (Å²) in [5, 5.41) is 29.5. The maximum absolute atomic E-state index is 14.5. The van der Waals surface area contributed by atoms with Gasteiger partial charge in [-0.05, 0) is 144 Å². The summed E-state index contributed by atoms with van der Waals surface area (Å²) in [6.45, 7) is 36.5. The van der Waals surface area contributed by atoms with E-state index >= 15 is 0 Å². The zero-order chi connectivity index (χ0) is 76.3. The summed E-state index contributed by atoms with van der Waals surface area (Å²) in [5.74, 6) is -0.436. The summed E-state index contributed by atoms with van der Waals surface area (Å²) in [6.07, 6.45) is 3.50. The molecule has 3 heterocycles. The molecule has 9 aromatic carbocycles. The first kappa shape index (κ1) is 86.2. The van der Waals surface area contributed by atoms with E-state index in [0.29, 0.717) is 16.6 Å². The number of nitrogens with zero attached hydrogens (tertiary/aromatic N) is 3. The molecule has 0 unspecified atom stereocenters. The molecule has 3 aliphatic carbocycles. The molecule has 108 heavy (non-hydrogen) atoms. The average Bonchev–Trinajstić information content (AvgIpc) is 1.58. The third-order valence-electron chi connectivity index (χ3n) is 19.4. The molecule has 0 fully saturated rings. The van der Waals surface area contributed by atoms with Crippen molar-refractivity contribution >= 4 is 63.3 Å².